The van der Waals surface area contributed by atoms with Crippen molar-refractivity contribution < 1.29 is 4.79 Å². The number of thiophene rings is 1. The molecule has 1 aliphatic heterocycles. The van der Waals surface area contributed by atoms with E-state index in [4.69, 9.17) is 0 Å². The van der Waals surface area contributed by atoms with Crippen LogP contribution in [-0.4, -0.2) is 30.4 Å². The largest absolute Gasteiger partial charge is 0.363 e. The molecular weight excluding hydrogens is 280 g/mol. The van der Waals surface area contributed by atoms with Crippen molar-refractivity contribution in [3.05, 3.63) is 52.7 Å². The number of para-hydroxylation sites is 1. The number of hydrogen-bond donors (Lipinski definition) is 0. The van der Waals surface area contributed by atoms with Crippen LogP contribution in [0.1, 0.15) is 17.7 Å². The first-order valence-corrected chi connectivity index (χ1v) is 8.28. The van der Waals surface area contributed by atoms with Crippen LogP contribution in [0.15, 0.2) is 47.8 Å². The summed E-state index contributed by atoms with van der Waals surface area (Å²) in [5.41, 5.74) is 1.27. The summed E-state index contributed by atoms with van der Waals surface area (Å²) in [7, 11) is 0. The number of likely N-dealkylation sites (tertiary alicyclic amines) is 1. The highest BCUT2D eigenvalue weighted by Gasteiger charge is 2.24. The van der Waals surface area contributed by atoms with E-state index in [1.165, 1.54) is 10.6 Å². The number of nitrogens with zero attached hydrogens (tertiary/aromatic N) is 2. The summed E-state index contributed by atoms with van der Waals surface area (Å²) < 4.78 is 0. The van der Waals surface area contributed by atoms with E-state index in [2.05, 4.69) is 52.7 Å². The summed E-state index contributed by atoms with van der Waals surface area (Å²) in [5, 5.41) is 2.13. The average molecular weight is 300 g/mol. The Kier molecular flexibility index (Phi) is 4.55. The number of anilines is 1. The third kappa shape index (κ3) is 3.45. The van der Waals surface area contributed by atoms with Gasteiger partial charge in [-0.2, -0.15) is 0 Å². The van der Waals surface area contributed by atoms with Crippen molar-refractivity contribution >= 4 is 23.4 Å². The van der Waals surface area contributed by atoms with Gasteiger partial charge in [0.1, 0.15) is 0 Å². The summed E-state index contributed by atoms with van der Waals surface area (Å²) in [6.45, 7) is 2.68. The molecule has 0 saturated carbocycles. The van der Waals surface area contributed by atoms with Crippen LogP contribution in [0.4, 0.5) is 5.69 Å². The maximum atomic E-state index is 10.9. The molecule has 1 fully saturated rings. The molecule has 0 N–H and O–H groups in total. The van der Waals surface area contributed by atoms with Gasteiger partial charge in [-0.05, 0) is 36.4 Å². The van der Waals surface area contributed by atoms with Crippen LogP contribution in [0.3, 0.4) is 0 Å². The Hall–Kier alpha value is -1.81. The lowest BCUT2D eigenvalue weighted by atomic mass is 10.0. The fourth-order valence-corrected chi connectivity index (χ4v) is 3.63. The molecule has 3 rings (SSSR count). The summed E-state index contributed by atoms with van der Waals surface area (Å²) >= 11 is 1.81. The highest BCUT2D eigenvalue weighted by Crippen LogP contribution is 2.26. The Morgan fingerprint density at radius 2 is 1.90 bits per heavy atom. The zero-order valence-electron chi connectivity index (χ0n) is 12.0. The molecule has 1 aromatic carbocycles. The Balaban J connectivity index is 1.77. The Bertz CT molecular complexity index is 547. The van der Waals surface area contributed by atoms with Crippen molar-refractivity contribution in [2.24, 2.45) is 0 Å². The second kappa shape index (κ2) is 6.76. The zero-order chi connectivity index (χ0) is 14.5. The van der Waals surface area contributed by atoms with Gasteiger partial charge in [0.2, 0.25) is 6.41 Å². The van der Waals surface area contributed by atoms with Crippen LogP contribution in [0.25, 0.3) is 0 Å². The van der Waals surface area contributed by atoms with Crippen LogP contribution in [0.2, 0.25) is 0 Å². The third-order valence-corrected chi connectivity index (χ3v) is 4.94. The maximum Gasteiger partial charge on any atom is 0.209 e. The predicted octanol–water partition coefficient (Wildman–Crippen LogP) is 3.38. The molecule has 21 heavy (non-hydrogen) atoms. The van der Waals surface area contributed by atoms with E-state index in [-0.39, 0.29) is 0 Å². The number of carbonyl (C=O) groups excluding carboxylic acids is 1. The zero-order valence-corrected chi connectivity index (χ0v) is 12.8. The van der Waals surface area contributed by atoms with Gasteiger partial charge in [-0.25, -0.2) is 0 Å². The number of amides is 1. The van der Waals surface area contributed by atoms with Crippen LogP contribution in [0.5, 0.6) is 0 Å². The molecule has 1 aliphatic rings. The van der Waals surface area contributed by atoms with E-state index in [1.807, 2.05) is 4.90 Å². The second-order valence-electron chi connectivity index (χ2n) is 5.42. The van der Waals surface area contributed by atoms with Crippen LogP contribution < -0.4 is 4.90 Å². The molecule has 2 heterocycles. The van der Waals surface area contributed by atoms with Crippen molar-refractivity contribution in [3.8, 4) is 0 Å². The van der Waals surface area contributed by atoms with Gasteiger partial charge in [0.15, 0.2) is 0 Å². The normalized spacial score (nSPS) is 15.9. The molecular formula is C17H20N2OS. The second-order valence-corrected chi connectivity index (χ2v) is 6.45. The van der Waals surface area contributed by atoms with Gasteiger partial charge < -0.3 is 9.80 Å². The summed E-state index contributed by atoms with van der Waals surface area (Å²) in [4.78, 5) is 16.6. The highest BCUT2D eigenvalue weighted by atomic mass is 32.1. The summed E-state index contributed by atoms with van der Waals surface area (Å²) in [6, 6.07) is 15.4. The lowest BCUT2D eigenvalue weighted by Crippen LogP contribution is -2.44. The third-order valence-electron chi connectivity index (χ3n) is 4.08. The molecule has 2 aromatic rings. The molecule has 0 unspecified atom stereocenters. The van der Waals surface area contributed by atoms with Crippen molar-refractivity contribution in [1.29, 1.82) is 0 Å². The minimum Gasteiger partial charge on any atom is -0.363 e. The fraction of sp³-hybridized carbons (Fsp3) is 0.353. The van der Waals surface area contributed by atoms with E-state index in [1.54, 1.807) is 11.3 Å². The Morgan fingerprint density at radius 3 is 2.52 bits per heavy atom. The summed E-state index contributed by atoms with van der Waals surface area (Å²) in [6.07, 6.45) is 3.06. The topological polar surface area (TPSA) is 23.6 Å². The monoisotopic (exact) mass is 300 g/mol. The van der Waals surface area contributed by atoms with Gasteiger partial charge in [-0.1, -0.05) is 24.3 Å². The quantitative estimate of drug-likeness (QED) is 0.790. The molecule has 0 spiro atoms. The molecule has 1 amide bonds. The predicted molar refractivity (Wildman–Crippen MR) is 87.6 cm³/mol. The Morgan fingerprint density at radius 1 is 1.14 bits per heavy atom. The molecule has 110 valence electrons. The van der Waals surface area contributed by atoms with Gasteiger partial charge >= 0.3 is 0 Å². The lowest BCUT2D eigenvalue weighted by molar-refractivity contribution is -0.119. The molecule has 0 radical (unpaired) electrons. The number of hydrogen-bond acceptors (Lipinski definition) is 3. The average Bonchev–Trinajstić information content (AvgIpc) is 3.07. The first-order chi connectivity index (χ1) is 10.4. The molecule has 3 nitrogen and oxygen atoms in total. The van der Waals surface area contributed by atoms with Crippen molar-refractivity contribution in [1.82, 2.24) is 4.90 Å². The highest BCUT2D eigenvalue weighted by molar-refractivity contribution is 7.09. The van der Waals surface area contributed by atoms with Gasteiger partial charge in [-0.3, -0.25) is 4.79 Å². The standard InChI is InChI=1S/C17H20N2OS/c20-14-18-10-8-16(9-11-18)19(13-17-7-4-12-21-17)15-5-2-1-3-6-15/h1-7,12,14,16H,8-11,13H2. The van der Waals surface area contributed by atoms with E-state index in [9.17, 15) is 4.79 Å². The molecule has 4 heteroatoms. The van der Waals surface area contributed by atoms with E-state index in [0.717, 1.165) is 38.9 Å². The molecule has 1 saturated heterocycles. The smallest absolute Gasteiger partial charge is 0.209 e. The number of carbonyl (C=O) groups is 1. The Labute approximate surface area is 129 Å². The van der Waals surface area contributed by atoms with Crippen molar-refractivity contribution in [3.63, 3.8) is 0 Å². The van der Waals surface area contributed by atoms with Crippen molar-refractivity contribution in [2.75, 3.05) is 18.0 Å². The first kappa shape index (κ1) is 14.1. The fourth-order valence-electron chi connectivity index (χ4n) is 2.92. The maximum absolute atomic E-state index is 10.9. The van der Waals surface area contributed by atoms with Gasteiger partial charge in [0, 0.05) is 29.7 Å². The molecule has 1 aromatic heterocycles. The first-order valence-electron chi connectivity index (χ1n) is 7.40. The minimum absolute atomic E-state index is 0.505. The molecule has 0 aliphatic carbocycles. The number of rotatable bonds is 5. The summed E-state index contributed by atoms with van der Waals surface area (Å²) in [5.74, 6) is 0. The van der Waals surface area contributed by atoms with Crippen LogP contribution in [-0.2, 0) is 11.3 Å². The van der Waals surface area contributed by atoms with Crippen LogP contribution >= 0.6 is 11.3 Å². The minimum atomic E-state index is 0.505. The number of piperidine rings is 1. The van der Waals surface area contributed by atoms with Crippen molar-refractivity contribution in [2.45, 2.75) is 25.4 Å². The molecule has 0 atom stereocenters. The molecule has 0 bridgehead atoms. The van der Waals surface area contributed by atoms with E-state index in [0.29, 0.717) is 6.04 Å². The SMILES string of the molecule is O=CN1CCC(N(Cc2cccs2)c2ccccc2)CC1. The van der Waals surface area contributed by atoms with Gasteiger partial charge in [0.25, 0.3) is 0 Å². The lowest BCUT2D eigenvalue weighted by Gasteiger charge is -2.38. The van der Waals surface area contributed by atoms with E-state index < -0.39 is 0 Å². The van der Waals surface area contributed by atoms with Gasteiger partial charge in [0.05, 0.1) is 6.54 Å². The number of benzene rings is 1. The van der Waals surface area contributed by atoms with Crippen LogP contribution in [0, 0.1) is 0 Å². The van der Waals surface area contributed by atoms with Gasteiger partial charge in [-0.15, -0.1) is 11.3 Å². The van der Waals surface area contributed by atoms with E-state index >= 15 is 0 Å².